The fraction of sp³-hybridized carbons (Fsp3) is 0.353. The number of aromatic nitrogens is 3. The van der Waals surface area contributed by atoms with Crippen molar-refractivity contribution in [1.82, 2.24) is 14.8 Å². The van der Waals surface area contributed by atoms with E-state index in [4.69, 9.17) is 9.47 Å². The van der Waals surface area contributed by atoms with Gasteiger partial charge in [0.2, 0.25) is 5.88 Å². The smallest absolute Gasteiger partial charge is 0.222 e. The Hall–Kier alpha value is -2.30. The summed E-state index contributed by atoms with van der Waals surface area (Å²) in [4.78, 5) is 9.07. The number of pyridine rings is 1. The minimum Gasteiger partial charge on any atom is -0.490 e. The van der Waals surface area contributed by atoms with Gasteiger partial charge in [0, 0.05) is 56.4 Å². The van der Waals surface area contributed by atoms with Crippen molar-refractivity contribution in [3.8, 4) is 11.6 Å². The zero-order valence-electron chi connectivity index (χ0n) is 14.7. The van der Waals surface area contributed by atoms with Crippen molar-refractivity contribution in [2.24, 2.45) is 15.2 Å². The van der Waals surface area contributed by atoms with Crippen LogP contribution in [0.2, 0.25) is 0 Å². The lowest BCUT2D eigenvalue weighted by atomic mass is 10.2. The van der Waals surface area contributed by atoms with Gasteiger partial charge in [0.1, 0.15) is 23.0 Å². The van der Waals surface area contributed by atoms with Gasteiger partial charge in [0.05, 0.1) is 18.9 Å². The van der Waals surface area contributed by atoms with E-state index in [2.05, 4.69) is 23.5 Å². The molecular formula is C17H19IN6O2. The molecule has 0 radical (unpaired) electrons. The molecule has 0 aromatic carbocycles. The summed E-state index contributed by atoms with van der Waals surface area (Å²) in [6.45, 7) is 4.54. The van der Waals surface area contributed by atoms with Gasteiger partial charge in [-0.05, 0) is 13.8 Å². The van der Waals surface area contributed by atoms with Crippen LogP contribution in [0.1, 0.15) is 24.5 Å². The van der Waals surface area contributed by atoms with Crippen molar-refractivity contribution >= 4 is 32.7 Å². The summed E-state index contributed by atoms with van der Waals surface area (Å²) in [5, 5.41) is 7.57. The second-order valence-electron chi connectivity index (χ2n) is 6.12. The predicted octanol–water partition coefficient (Wildman–Crippen LogP) is 3.50. The van der Waals surface area contributed by atoms with E-state index in [1.54, 1.807) is 17.1 Å². The first-order chi connectivity index (χ1) is 12.6. The van der Waals surface area contributed by atoms with Gasteiger partial charge in [-0.2, -0.15) is 5.10 Å². The quantitative estimate of drug-likeness (QED) is 0.601. The molecule has 4 heterocycles. The molecule has 136 valence electrons. The number of aryl methyl sites for hydroxylation is 2. The Morgan fingerprint density at radius 1 is 1.35 bits per heavy atom. The Labute approximate surface area is 161 Å². The highest BCUT2D eigenvalue weighted by Crippen LogP contribution is 2.28. The number of aliphatic imine (C=N–C) groups is 1. The summed E-state index contributed by atoms with van der Waals surface area (Å²) in [6, 6.07) is 1.91. The number of halogens is 1. The largest absolute Gasteiger partial charge is 0.490 e. The molecule has 9 heteroatoms. The molecule has 0 aliphatic carbocycles. The molecule has 0 saturated carbocycles. The lowest BCUT2D eigenvalue weighted by Crippen LogP contribution is -2.18. The molecule has 8 nitrogen and oxygen atoms in total. The number of hydrogen-bond acceptors (Lipinski definition) is 7. The monoisotopic (exact) mass is 466 g/mol. The first-order valence-corrected chi connectivity index (χ1v) is 10.5. The highest BCUT2D eigenvalue weighted by molar-refractivity contribution is 14.2. The maximum atomic E-state index is 6.08. The van der Waals surface area contributed by atoms with Gasteiger partial charge in [-0.25, -0.2) is 17.8 Å². The number of anilines is 1. The van der Waals surface area contributed by atoms with Crippen molar-refractivity contribution in [3.05, 3.63) is 39.5 Å². The minimum absolute atomic E-state index is 0.00942. The van der Waals surface area contributed by atoms with Crippen LogP contribution in [0.15, 0.2) is 36.5 Å². The first-order valence-electron chi connectivity index (χ1n) is 8.28. The lowest BCUT2D eigenvalue weighted by Gasteiger charge is -2.19. The van der Waals surface area contributed by atoms with Gasteiger partial charge in [0.15, 0.2) is 5.84 Å². The summed E-state index contributed by atoms with van der Waals surface area (Å²) in [5.74, 6) is 3.59. The van der Waals surface area contributed by atoms with Crippen LogP contribution in [0.5, 0.6) is 11.6 Å². The van der Waals surface area contributed by atoms with E-state index < -0.39 is 21.0 Å². The molecule has 0 amide bonds. The SMILES string of the molecule is Cc1cnc2cc1O[C@@H](C)CCOc1c(cnn1C)C1=NC(=CI=N1)N2. The third-order valence-electron chi connectivity index (χ3n) is 4.03. The Bertz CT molecular complexity index is 933. The fourth-order valence-electron chi connectivity index (χ4n) is 2.62. The number of hydrogen-bond donors (Lipinski definition) is 1. The first kappa shape index (κ1) is 17.1. The lowest BCUT2D eigenvalue weighted by molar-refractivity contribution is 0.171. The number of ether oxygens (including phenoxy) is 2. The summed E-state index contributed by atoms with van der Waals surface area (Å²) in [5.41, 5.74) is 1.80. The molecule has 2 aliphatic heterocycles. The Kier molecular flexibility index (Phi) is 4.70. The van der Waals surface area contributed by atoms with E-state index in [9.17, 15) is 0 Å². The number of rotatable bonds is 0. The molecule has 0 spiro atoms. The molecule has 26 heavy (non-hydrogen) atoms. The maximum Gasteiger partial charge on any atom is 0.222 e. The van der Waals surface area contributed by atoms with Crippen LogP contribution < -0.4 is 14.8 Å². The molecule has 4 bridgehead atoms. The van der Waals surface area contributed by atoms with E-state index in [-0.39, 0.29) is 6.10 Å². The van der Waals surface area contributed by atoms with Gasteiger partial charge in [-0.3, -0.25) is 0 Å². The van der Waals surface area contributed by atoms with Crippen molar-refractivity contribution in [2.45, 2.75) is 26.4 Å². The highest BCUT2D eigenvalue weighted by Gasteiger charge is 2.19. The van der Waals surface area contributed by atoms with E-state index >= 15 is 0 Å². The summed E-state index contributed by atoms with van der Waals surface area (Å²) < 4.78 is 20.4. The van der Waals surface area contributed by atoms with Gasteiger partial charge in [-0.15, -0.1) is 0 Å². The molecule has 1 atom stereocenters. The average molecular weight is 466 g/mol. The maximum absolute atomic E-state index is 6.08. The molecule has 0 unspecified atom stereocenters. The van der Waals surface area contributed by atoms with Crippen molar-refractivity contribution in [2.75, 3.05) is 11.9 Å². The van der Waals surface area contributed by atoms with Crippen LogP contribution in [0.3, 0.4) is 0 Å². The van der Waals surface area contributed by atoms with Gasteiger partial charge in [0.25, 0.3) is 0 Å². The molecular weight excluding hydrogens is 447 g/mol. The van der Waals surface area contributed by atoms with Crippen LogP contribution in [-0.2, 0) is 7.05 Å². The molecule has 2 aliphatic rings. The summed E-state index contributed by atoms with van der Waals surface area (Å²) >= 11 is -0.496. The molecule has 2 aromatic heterocycles. The fourth-order valence-corrected chi connectivity index (χ4v) is 3.94. The normalized spacial score (nSPS) is 19.4. The van der Waals surface area contributed by atoms with Gasteiger partial charge >= 0.3 is 0 Å². The number of amidine groups is 1. The molecule has 0 saturated heterocycles. The van der Waals surface area contributed by atoms with Crippen molar-refractivity contribution < 1.29 is 9.47 Å². The average Bonchev–Trinajstić information content (AvgIpc) is 2.98. The Morgan fingerprint density at radius 2 is 2.23 bits per heavy atom. The zero-order valence-corrected chi connectivity index (χ0v) is 16.9. The third-order valence-corrected chi connectivity index (χ3v) is 5.64. The second kappa shape index (κ2) is 7.14. The van der Waals surface area contributed by atoms with Crippen molar-refractivity contribution in [3.63, 3.8) is 0 Å². The predicted molar refractivity (Wildman–Crippen MR) is 107 cm³/mol. The Morgan fingerprint density at radius 3 is 3.12 bits per heavy atom. The zero-order chi connectivity index (χ0) is 18.1. The number of nitrogens with zero attached hydrogens (tertiary/aromatic N) is 5. The van der Waals surface area contributed by atoms with Crippen LogP contribution in [0, 0.1) is 6.92 Å². The van der Waals surface area contributed by atoms with Gasteiger partial charge < -0.3 is 14.8 Å². The molecule has 0 fully saturated rings. The second-order valence-corrected chi connectivity index (χ2v) is 7.79. The molecule has 4 rings (SSSR count). The van der Waals surface area contributed by atoms with Crippen molar-refractivity contribution in [1.29, 1.82) is 0 Å². The van der Waals surface area contributed by atoms with Crippen LogP contribution in [0.25, 0.3) is 0 Å². The molecule has 1 N–H and O–H groups in total. The minimum atomic E-state index is -0.496. The van der Waals surface area contributed by atoms with Crippen LogP contribution in [-0.4, -0.2) is 33.3 Å². The summed E-state index contributed by atoms with van der Waals surface area (Å²) in [6.07, 6.45) is 4.31. The number of fused-ring (bicyclic) bond motifs is 5. The topological polar surface area (TPSA) is 85.9 Å². The standard InChI is InChI=1S/C17H19IN6O2/c1-10-8-19-14-6-13(10)26-11(2)4-5-25-17-12(9-20-24(17)3)16-22-15(21-14)7-18-23-16/h6-9,11H,4-5H2,1-3H3,(H,19,21,22,23)/t11-/m0/s1. The highest BCUT2D eigenvalue weighted by atomic mass is 127. The van der Waals surface area contributed by atoms with Crippen LogP contribution in [0.4, 0.5) is 5.82 Å². The van der Waals surface area contributed by atoms with E-state index in [0.29, 0.717) is 24.1 Å². The summed E-state index contributed by atoms with van der Waals surface area (Å²) in [7, 11) is 1.85. The van der Waals surface area contributed by atoms with E-state index in [0.717, 1.165) is 29.1 Å². The van der Waals surface area contributed by atoms with Crippen LogP contribution >= 0.6 is 21.0 Å². The third kappa shape index (κ3) is 3.48. The van der Waals surface area contributed by atoms with Gasteiger partial charge in [-0.1, -0.05) is 0 Å². The van der Waals surface area contributed by atoms with E-state index in [1.165, 1.54) is 0 Å². The molecule has 2 aromatic rings. The Balaban J connectivity index is 1.76. The van der Waals surface area contributed by atoms with E-state index in [1.807, 2.05) is 31.0 Å². The number of nitrogens with one attached hydrogen (secondary N) is 1.